The molecule has 20 heavy (non-hydrogen) atoms. The maximum atomic E-state index is 8.34. The third-order valence-corrected chi connectivity index (χ3v) is 3.93. The Morgan fingerprint density at radius 2 is 2.05 bits per heavy atom. The van der Waals surface area contributed by atoms with Crippen LogP contribution < -0.4 is 10.8 Å². The van der Waals surface area contributed by atoms with E-state index in [1.807, 2.05) is 30.3 Å². The van der Waals surface area contributed by atoms with Crippen LogP contribution in [0.2, 0.25) is 0 Å². The molecule has 104 valence electrons. The van der Waals surface area contributed by atoms with Gasteiger partial charge in [-0.1, -0.05) is 43.7 Å². The lowest BCUT2D eigenvalue weighted by atomic mass is 10.0. The first kappa shape index (κ1) is 14.4. The Hall–Kier alpha value is -2.00. The molecule has 2 aromatic rings. The molecule has 0 amide bonds. The van der Waals surface area contributed by atoms with E-state index in [0.717, 1.165) is 18.1 Å². The fraction of sp³-hybridized carbons (Fsp3) is 0.214. The van der Waals surface area contributed by atoms with Gasteiger partial charge in [-0.3, -0.25) is 5.41 Å². The van der Waals surface area contributed by atoms with Crippen LogP contribution in [0.4, 0.5) is 11.6 Å². The molecule has 0 aliphatic carbocycles. The van der Waals surface area contributed by atoms with Gasteiger partial charge in [-0.25, -0.2) is 9.97 Å². The van der Waals surface area contributed by atoms with Gasteiger partial charge in [-0.05, 0) is 14.9 Å². The minimum Gasteiger partial charge on any atom is -0.383 e. The fourth-order valence-corrected chi connectivity index (χ4v) is 2.49. The standard InChI is InChI=1S/C14H18N5P/c1-2-8-20-19-14-11(13(16)17-9-18-14)12(15)10-6-4-3-5-7-10/h3-7,9,15,20H,2,8H2,1H3,(H3,16,17,18,19). The summed E-state index contributed by atoms with van der Waals surface area (Å²) in [6, 6.07) is 9.48. The van der Waals surface area contributed by atoms with Crippen LogP contribution in [0.1, 0.15) is 24.5 Å². The summed E-state index contributed by atoms with van der Waals surface area (Å²) in [4.78, 5) is 8.23. The molecule has 0 spiro atoms. The zero-order valence-corrected chi connectivity index (χ0v) is 12.4. The summed E-state index contributed by atoms with van der Waals surface area (Å²) in [5.41, 5.74) is 7.65. The van der Waals surface area contributed by atoms with Crippen molar-refractivity contribution in [2.75, 3.05) is 17.0 Å². The van der Waals surface area contributed by atoms with E-state index in [1.165, 1.54) is 6.33 Å². The average molecular weight is 287 g/mol. The summed E-state index contributed by atoms with van der Waals surface area (Å²) in [6.07, 6.45) is 3.61. The minimum atomic E-state index is 0.331. The summed E-state index contributed by atoms with van der Waals surface area (Å²) in [5, 5.41) is 11.6. The lowest BCUT2D eigenvalue weighted by Gasteiger charge is -2.13. The molecule has 0 fully saturated rings. The second kappa shape index (κ2) is 6.96. The molecular formula is C14H18N5P. The molecule has 1 aromatic heterocycles. The van der Waals surface area contributed by atoms with Crippen molar-refractivity contribution in [3.63, 3.8) is 0 Å². The van der Waals surface area contributed by atoms with Crippen LogP contribution in [0, 0.1) is 5.41 Å². The highest BCUT2D eigenvalue weighted by molar-refractivity contribution is 7.39. The molecule has 0 saturated carbocycles. The number of nitrogens with zero attached hydrogens (tertiary/aromatic N) is 2. The summed E-state index contributed by atoms with van der Waals surface area (Å²) >= 11 is 0. The number of nitrogens with one attached hydrogen (secondary N) is 2. The van der Waals surface area contributed by atoms with Crippen molar-refractivity contribution >= 4 is 26.1 Å². The van der Waals surface area contributed by atoms with E-state index in [4.69, 9.17) is 11.1 Å². The Labute approximate surface area is 120 Å². The molecule has 0 saturated heterocycles. The fourth-order valence-electron chi connectivity index (χ4n) is 1.76. The predicted molar refractivity (Wildman–Crippen MR) is 85.9 cm³/mol. The molecule has 0 aliphatic heterocycles. The van der Waals surface area contributed by atoms with Crippen molar-refractivity contribution in [1.29, 1.82) is 5.41 Å². The zero-order chi connectivity index (χ0) is 14.4. The number of rotatable bonds is 6. The van der Waals surface area contributed by atoms with Gasteiger partial charge >= 0.3 is 0 Å². The van der Waals surface area contributed by atoms with Crippen molar-refractivity contribution < 1.29 is 0 Å². The van der Waals surface area contributed by atoms with E-state index >= 15 is 0 Å². The van der Waals surface area contributed by atoms with E-state index in [-0.39, 0.29) is 0 Å². The number of anilines is 2. The first-order valence-electron chi connectivity index (χ1n) is 6.47. The quantitative estimate of drug-likeness (QED) is 0.433. The SMILES string of the molecule is CCCPNc1ncnc(N)c1C(=N)c1ccccc1. The van der Waals surface area contributed by atoms with Crippen LogP contribution in [-0.4, -0.2) is 21.8 Å². The predicted octanol–water partition coefficient (Wildman–Crippen LogP) is 2.89. The Kier molecular flexibility index (Phi) is 5.02. The molecule has 1 aromatic carbocycles. The molecule has 1 unspecified atom stereocenters. The van der Waals surface area contributed by atoms with Crippen LogP contribution in [0.25, 0.3) is 0 Å². The van der Waals surface area contributed by atoms with Gasteiger partial charge < -0.3 is 10.8 Å². The first-order valence-corrected chi connectivity index (χ1v) is 7.68. The van der Waals surface area contributed by atoms with Crippen LogP contribution >= 0.6 is 8.73 Å². The second-order valence-electron chi connectivity index (χ2n) is 4.28. The topological polar surface area (TPSA) is 87.7 Å². The van der Waals surface area contributed by atoms with Crippen LogP contribution in [0.3, 0.4) is 0 Å². The number of nitrogen functional groups attached to an aromatic ring is 1. The molecule has 0 bridgehead atoms. The van der Waals surface area contributed by atoms with E-state index in [2.05, 4.69) is 22.0 Å². The molecule has 1 atom stereocenters. The Bertz CT molecular complexity index is 585. The number of hydrogen-bond acceptors (Lipinski definition) is 5. The number of nitrogens with two attached hydrogens (primary N) is 1. The second-order valence-corrected chi connectivity index (χ2v) is 5.38. The first-order chi connectivity index (χ1) is 9.74. The summed E-state index contributed by atoms with van der Waals surface area (Å²) in [5.74, 6) is 0.968. The van der Waals surface area contributed by atoms with Gasteiger partial charge in [0.25, 0.3) is 0 Å². The van der Waals surface area contributed by atoms with E-state index < -0.39 is 0 Å². The Morgan fingerprint density at radius 1 is 1.30 bits per heavy atom. The molecule has 6 heteroatoms. The molecular weight excluding hydrogens is 269 g/mol. The Balaban J connectivity index is 2.32. The third kappa shape index (κ3) is 3.31. The lowest BCUT2D eigenvalue weighted by molar-refractivity contribution is 1.10. The van der Waals surface area contributed by atoms with Gasteiger partial charge in [-0.2, -0.15) is 0 Å². The van der Waals surface area contributed by atoms with Crippen molar-refractivity contribution in [3.05, 3.63) is 47.8 Å². The highest BCUT2D eigenvalue weighted by Crippen LogP contribution is 2.25. The van der Waals surface area contributed by atoms with E-state index in [0.29, 0.717) is 31.6 Å². The van der Waals surface area contributed by atoms with Gasteiger partial charge in [-0.15, -0.1) is 0 Å². The zero-order valence-electron chi connectivity index (χ0n) is 11.4. The monoisotopic (exact) mass is 287 g/mol. The van der Waals surface area contributed by atoms with Gasteiger partial charge in [0.15, 0.2) is 0 Å². The van der Waals surface area contributed by atoms with Crippen LogP contribution in [-0.2, 0) is 0 Å². The van der Waals surface area contributed by atoms with Crippen molar-refractivity contribution in [3.8, 4) is 0 Å². The van der Waals surface area contributed by atoms with Crippen LogP contribution in [0.15, 0.2) is 36.7 Å². The van der Waals surface area contributed by atoms with Crippen molar-refractivity contribution in [2.45, 2.75) is 13.3 Å². The molecule has 4 N–H and O–H groups in total. The van der Waals surface area contributed by atoms with Crippen LogP contribution in [0.5, 0.6) is 0 Å². The summed E-state index contributed by atoms with van der Waals surface area (Å²) in [7, 11) is 0.560. The van der Waals surface area contributed by atoms with Gasteiger partial charge in [0, 0.05) is 5.56 Å². The van der Waals surface area contributed by atoms with Crippen molar-refractivity contribution in [1.82, 2.24) is 9.97 Å². The van der Waals surface area contributed by atoms with Gasteiger partial charge in [0.05, 0.1) is 11.3 Å². The minimum absolute atomic E-state index is 0.331. The Morgan fingerprint density at radius 3 is 2.75 bits per heavy atom. The van der Waals surface area contributed by atoms with E-state index in [9.17, 15) is 0 Å². The maximum Gasteiger partial charge on any atom is 0.144 e. The molecule has 2 rings (SSSR count). The molecule has 0 radical (unpaired) electrons. The third-order valence-electron chi connectivity index (χ3n) is 2.77. The highest BCUT2D eigenvalue weighted by Gasteiger charge is 2.15. The smallest absolute Gasteiger partial charge is 0.144 e. The normalized spacial score (nSPS) is 10.8. The largest absolute Gasteiger partial charge is 0.383 e. The average Bonchev–Trinajstić information content (AvgIpc) is 2.48. The van der Waals surface area contributed by atoms with Gasteiger partial charge in [0.1, 0.15) is 18.0 Å². The van der Waals surface area contributed by atoms with E-state index in [1.54, 1.807) is 0 Å². The van der Waals surface area contributed by atoms with Gasteiger partial charge in [0.2, 0.25) is 0 Å². The number of aromatic nitrogens is 2. The summed E-state index contributed by atoms with van der Waals surface area (Å²) in [6.45, 7) is 2.13. The molecule has 0 aliphatic rings. The highest BCUT2D eigenvalue weighted by atomic mass is 31.1. The number of hydrogen-bond donors (Lipinski definition) is 3. The lowest BCUT2D eigenvalue weighted by Crippen LogP contribution is -2.11. The van der Waals surface area contributed by atoms with Crippen molar-refractivity contribution in [2.24, 2.45) is 0 Å². The molecule has 1 heterocycles. The number of benzene rings is 1. The summed E-state index contributed by atoms with van der Waals surface area (Å²) < 4.78 is 0. The maximum absolute atomic E-state index is 8.34. The molecule has 5 nitrogen and oxygen atoms in total.